The van der Waals surface area contributed by atoms with E-state index in [4.69, 9.17) is 9.26 Å². The van der Waals surface area contributed by atoms with Gasteiger partial charge in [0.25, 0.3) is 5.91 Å². The Morgan fingerprint density at radius 2 is 2.03 bits per heavy atom. The van der Waals surface area contributed by atoms with Crippen LogP contribution in [0.4, 0.5) is 5.69 Å². The van der Waals surface area contributed by atoms with E-state index in [1.54, 1.807) is 6.92 Å². The van der Waals surface area contributed by atoms with Crippen molar-refractivity contribution < 1.29 is 14.1 Å². The molecule has 2 heterocycles. The molecule has 1 aromatic heterocycles. The minimum Gasteiger partial charge on any atom is -0.492 e. The van der Waals surface area contributed by atoms with Crippen LogP contribution in [0.2, 0.25) is 0 Å². The number of nitroso groups, excluding NO2 is 1. The molecule has 2 aromatic carbocycles. The van der Waals surface area contributed by atoms with Gasteiger partial charge in [0.15, 0.2) is 5.76 Å². The predicted octanol–water partition coefficient (Wildman–Crippen LogP) is 4.65. The molecule has 0 saturated carbocycles. The van der Waals surface area contributed by atoms with Crippen LogP contribution in [0.5, 0.6) is 5.75 Å². The van der Waals surface area contributed by atoms with Gasteiger partial charge in [-0.05, 0) is 56.1 Å². The molecule has 1 saturated heterocycles. The highest BCUT2D eigenvalue weighted by molar-refractivity contribution is 5.99. The Morgan fingerprint density at radius 1 is 1.26 bits per heavy atom. The molecule has 0 radical (unpaired) electrons. The number of piperidine rings is 1. The maximum absolute atomic E-state index is 12.8. The number of likely N-dealkylation sites (tertiary alicyclic amines) is 1. The molecule has 0 spiro atoms. The summed E-state index contributed by atoms with van der Waals surface area (Å²) in [4.78, 5) is 26.3. The van der Waals surface area contributed by atoms with Crippen molar-refractivity contribution in [2.24, 2.45) is 11.1 Å². The Morgan fingerprint density at radius 3 is 2.71 bits per heavy atom. The molecule has 0 atom stereocenters. The average Bonchev–Trinajstić information content (AvgIpc) is 3.37. The highest BCUT2D eigenvalue weighted by Crippen LogP contribution is 2.29. The Balaban J connectivity index is 1.29. The van der Waals surface area contributed by atoms with Gasteiger partial charge >= 0.3 is 0 Å². The minimum atomic E-state index is -0.400. The maximum Gasteiger partial charge on any atom is 0.253 e. The average molecular weight is 474 g/mol. The highest BCUT2D eigenvalue weighted by Gasteiger charge is 2.23. The third-order valence-corrected chi connectivity index (χ3v) is 6.13. The monoisotopic (exact) mass is 473 g/mol. The summed E-state index contributed by atoms with van der Waals surface area (Å²) in [7, 11) is 0. The van der Waals surface area contributed by atoms with Crippen LogP contribution in [-0.4, -0.2) is 42.2 Å². The fourth-order valence-corrected chi connectivity index (χ4v) is 4.22. The van der Waals surface area contributed by atoms with Gasteiger partial charge in [-0.3, -0.25) is 9.69 Å². The lowest BCUT2D eigenvalue weighted by Gasteiger charge is -2.31. The summed E-state index contributed by atoms with van der Waals surface area (Å²) in [6.45, 7) is 5.07. The van der Waals surface area contributed by atoms with E-state index in [2.05, 4.69) is 20.6 Å². The molecule has 35 heavy (non-hydrogen) atoms. The van der Waals surface area contributed by atoms with Crippen LogP contribution in [0.15, 0.2) is 58.2 Å². The molecule has 9 nitrogen and oxygen atoms in total. The van der Waals surface area contributed by atoms with Gasteiger partial charge in [-0.25, -0.2) is 0 Å². The van der Waals surface area contributed by atoms with Crippen LogP contribution in [-0.2, 0) is 6.54 Å². The molecule has 1 aliphatic rings. The van der Waals surface area contributed by atoms with Gasteiger partial charge in [-0.2, -0.15) is 5.26 Å². The van der Waals surface area contributed by atoms with Crippen molar-refractivity contribution >= 4 is 11.6 Å². The topological polar surface area (TPSA) is 121 Å². The minimum absolute atomic E-state index is 0.0701. The summed E-state index contributed by atoms with van der Waals surface area (Å²) in [5.41, 5.74) is 2.07. The number of carbonyl (C=O) groups excluding carboxylic acids is 1. The number of carbonyl (C=O) groups is 1. The number of rotatable bonds is 9. The second-order valence-corrected chi connectivity index (χ2v) is 8.48. The van der Waals surface area contributed by atoms with E-state index in [1.165, 1.54) is 12.1 Å². The first-order valence-corrected chi connectivity index (χ1v) is 11.7. The smallest absolute Gasteiger partial charge is 0.253 e. The molecule has 3 aromatic rings. The maximum atomic E-state index is 12.8. The molecule has 0 aliphatic carbocycles. The summed E-state index contributed by atoms with van der Waals surface area (Å²) >= 11 is 0. The lowest BCUT2D eigenvalue weighted by Crippen LogP contribution is -2.38. The first kappa shape index (κ1) is 24.1. The van der Waals surface area contributed by atoms with Crippen LogP contribution < -0.4 is 10.1 Å². The molecule has 9 heteroatoms. The van der Waals surface area contributed by atoms with Crippen LogP contribution in [0, 0.1) is 22.2 Å². The summed E-state index contributed by atoms with van der Waals surface area (Å²) < 4.78 is 11.0. The second-order valence-electron chi connectivity index (χ2n) is 8.48. The predicted molar refractivity (Wildman–Crippen MR) is 130 cm³/mol. The number of amides is 1. The molecule has 1 N–H and O–H groups in total. The molecule has 1 fully saturated rings. The largest absolute Gasteiger partial charge is 0.492 e. The van der Waals surface area contributed by atoms with Crippen LogP contribution in [0.3, 0.4) is 0 Å². The van der Waals surface area contributed by atoms with Gasteiger partial charge in [0.1, 0.15) is 23.2 Å². The first-order valence-electron chi connectivity index (χ1n) is 11.7. The van der Waals surface area contributed by atoms with E-state index in [0.717, 1.165) is 42.9 Å². The van der Waals surface area contributed by atoms with E-state index in [0.29, 0.717) is 25.6 Å². The van der Waals surface area contributed by atoms with Crippen molar-refractivity contribution in [1.29, 1.82) is 5.26 Å². The number of hydrogen-bond acceptors (Lipinski definition) is 8. The third-order valence-electron chi connectivity index (χ3n) is 6.13. The van der Waals surface area contributed by atoms with Gasteiger partial charge in [-0.1, -0.05) is 35.5 Å². The van der Waals surface area contributed by atoms with Crippen molar-refractivity contribution in [2.45, 2.75) is 26.3 Å². The Kier molecular flexibility index (Phi) is 7.85. The number of nitriles is 1. The number of nitrogens with one attached hydrogen (secondary N) is 1. The van der Waals surface area contributed by atoms with E-state index >= 15 is 0 Å². The Bertz CT molecular complexity index is 1210. The summed E-state index contributed by atoms with van der Waals surface area (Å²) in [6.07, 6.45) is 1.85. The standard InChI is InChI=1S/C26H27N5O4/c1-2-34-25-14-22(24(29-33)12-20(25)15-27)26(32)28-16-18-8-10-31(11-9-18)17-21-13-23(30-35-21)19-6-4-3-5-7-19/h3-7,12-14,18H,2,8-11,16-17H2,1H3,(H,28,32). The Labute approximate surface area is 203 Å². The first-order chi connectivity index (χ1) is 17.1. The fourth-order valence-electron chi connectivity index (χ4n) is 4.22. The Hall–Kier alpha value is -4.03. The van der Waals surface area contributed by atoms with Crippen LogP contribution in [0.25, 0.3) is 11.3 Å². The lowest BCUT2D eigenvalue weighted by molar-refractivity contribution is 0.0934. The number of ether oxygens (including phenoxy) is 1. The molecule has 1 aliphatic heterocycles. The van der Waals surface area contributed by atoms with Gasteiger partial charge < -0.3 is 14.6 Å². The van der Waals surface area contributed by atoms with Gasteiger partial charge in [0.2, 0.25) is 0 Å². The molecular formula is C26H27N5O4. The molecule has 1 amide bonds. The van der Waals surface area contributed by atoms with E-state index in [-0.39, 0.29) is 22.6 Å². The number of benzene rings is 2. The molecule has 180 valence electrons. The second kappa shape index (κ2) is 11.4. The quantitative estimate of drug-likeness (QED) is 0.449. The van der Waals surface area contributed by atoms with Crippen molar-refractivity contribution in [1.82, 2.24) is 15.4 Å². The highest BCUT2D eigenvalue weighted by atomic mass is 16.5. The van der Waals surface area contributed by atoms with Gasteiger partial charge in [0.05, 0.1) is 24.3 Å². The summed E-state index contributed by atoms with van der Waals surface area (Å²) in [6, 6.07) is 16.6. The van der Waals surface area contributed by atoms with Crippen LogP contribution >= 0.6 is 0 Å². The van der Waals surface area contributed by atoms with E-state index in [9.17, 15) is 15.0 Å². The van der Waals surface area contributed by atoms with Crippen molar-refractivity contribution in [3.63, 3.8) is 0 Å². The van der Waals surface area contributed by atoms with Crippen molar-refractivity contribution in [3.8, 4) is 23.1 Å². The number of hydrogen-bond donors (Lipinski definition) is 1. The van der Waals surface area contributed by atoms with Crippen molar-refractivity contribution in [2.75, 3.05) is 26.2 Å². The van der Waals surface area contributed by atoms with E-state index < -0.39 is 5.91 Å². The zero-order valence-corrected chi connectivity index (χ0v) is 19.6. The molecule has 0 unspecified atom stereocenters. The molecule has 4 rings (SSSR count). The molecular weight excluding hydrogens is 446 g/mol. The lowest BCUT2D eigenvalue weighted by atomic mass is 9.96. The van der Waals surface area contributed by atoms with Crippen molar-refractivity contribution in [3.05, 3.63) is 70.3 Å². The number of aromatic nitrogens is 1. The van der Waals surface area contributed by atoms with Crippen LogP contribution in [0.1, 0.15) is 41.4 Å². The zero-order valence-electron chi connectivity index (χ0n) is 19.6. The molecule has 0 bridgehead atoms. The SMILES string of the molecule is CCOc1cc(C(=O)NCC2CCN(Cc3cc(-c4ccccc4)no3)CC2)c(N=O)cc1C#N. The summed E-state index contributed by atoms with van der Waals surface area (Å²) in [5.74, 6) is 1.02. The van der Waals surface area contributed by atoms with Gasteiger partial charge in [0, 0.05) is 18.2 Å². The summed E-state index contributed by atoms with van der Waals surface area (Å²) in [5, 5.41) is 19.3. The van der Waals surface area contributed by atoms with Gasteiger partial charge in [-0.15, -0.1) is 4.91 Å². The zero-order chi connectivity index (χ0) is 24.6. The third kappa shape index (κ3) is 5.91. The normalized spacial score (nSPS) is 14.3. The number of nitrogens with zero attached hydrogens (tertiary/aromatic N) is 4. The van der Waals surface area contributed by atoms with E-state index in [1.807, 2.05) is 42.5 Å². The fraction of sp³-hybridized carbons (Fsp3) is 0.346.